The summed E-state index contributed by atoms with van der Waals surface area (Å²) in [6.07, 6.45) is 4.79. The Bertz CT molecular complexity index is 516. The number of carbonyl (C=O) groups is 1. The molecule has 1 atom stereocenters. The lowest BCUT2D eigenvalue weighted by Crippen LogP contribution is -2.37. The van der Waals surface area contributed by atoms with Gasteiger partial charge in [0.1, 0.15) is 0 Å². The molecule has 21 heavy (non-hydrogen) atoms. The molecule has 4 heteroatoms. The summed E-state index contributed by atoms with van der Waals surface area (Å²) in [5.41, 5.74) is 3.39. The van der Waals surface area contributed by atoms with Gasteiger partial charge in [0.25, 0.3) is 5.91 Å². The van der Waals surface area contributed by atoms with E-state index in [2.05, 4.69) is 11.4 Å². The molecule has 4 nitrogen and oxygen atoms in total. The Morgan fingerprint density at radius 1 is 1.43 bits per heavy atom. The monoisotopic (exact) mass is 288 g/mol. The first-order valence-electron chi connectivity index (χ1n) is 8.04. The van der Waals surface area contributed by atoms with Crippen molar-refractivity contribution in [2.24, 2.45) is 0 Å². The van der Waals surface area contributed by atoms with Crippen LogP contribution in [0.4, 0.5) is 0 Å². The summed E-state index contributed by atoms with van der Waals surface area (Å²) in [5, 5.41) is 12.4. The standard InChI is InChI=1S/C17H24N2O2/c20-11-3-6-14-5-2-10-19(14)17(21)16-7-1-4-13-12-18-9-8-15(13)16/h1,4,7,14,18,20H,2-3,5-6,8-12H2. The highest BCUT2D eigenvalue weighted by Crippen LogP contribution is 2.26. The van der Waals surface area contributed by atoms with Gasteiger partial charge >= 0.3 is 0 Å². The number of hydrogen-bond donors (Lipinski definition) is 2. The first-order chi connectivity index (χ1) is 10.3. The van der Waals surface area contributed by atoms with E-state index in [1.54, 1.807) is 0 Å². The van der Waals surface area contributed by atoms with Gasteiger partial charge in [-0.05, 0) is 55.8 Å². The summed E-state index contributed by atoms with van der Waals surface area (Å²) >= 11 is 0. The lowest BCUT2D eigenvalue weighted by Gasteiger charge is -2.27. The molecule has 0 aliphatic carbocycles. The smallest absolute Gasteiger partial charge is 0.254 e. The number of benzene rings is 1. The summed E-state index contributed by atoms with van der Waals surface area (Å²) in [4.78, 5) is 15.0. The molecule has 1 amide bonds. The zero-order chi connectivity index (χ0) is 14.7. The number of amides is 1. The van der Waals surface area contributed by atoms with Gasteiger partial charge in [-0.2, -0.15) is 0 Å². The molecule has 2 heterocycles. The molecule has 2 N–H and O–H groups in total. The van der Waals surface area contributed by atoms with Crippen LogP contribution in [-0.4, -0.2) is 41.7 Å². The first-order valence-corrected chi connectivity index (χ1v) is 8.04. The molecular weight excluding hydrogens is 264 g/mol. The summed E-state index contributed by atoms with van der Waals surface area (Å²) in [5.74, 6) is 0.189. The van der Waals surface area contributed by atoms with Crippen LogP contribution in [0.25, 0.3) is 0 Å². The molecule has 0 radical (unpaired) electrons. The van der Waals surface area contributed by atoms with Crippen LogP contribution in [0.15, 0.2) is 18.2 Å². The van der Waals surface area contributed by atoms with Gasteiger partial charge in [-0.1, -0.05) is 12.1 Å². The van der Waals surface area contributed by atoms with Crippen molar-refractivity contribution in [3.8, 4) is 0 Å². The van der Waals surface area contributed by atoms with Crippen LogP contribution in [0, 0.1) is 0 Å². The Morgan fingerprint density at radius 3 is 3.19 bits per heavy atom. The Kier molecular flexibility index (Phi) is 4.56. The van der Waals surface area contributed by atoms with Crippen molar-refractivity contribution in [1.29, 1.82) is 0 Å². The van der Waals surface area contributed by atoms with Crippen molar-refractivity contribution in [3.63, 3.8) is 0 Å². The van der Waals surface area contributed by atoms with Crippen LogP contribution in [0.1, 0.15) is 47.2 Å². The van der Waals surface area contributed by atoms with E-state index in [0.29, 0.717) is 6.04 Å². The molecule has 0 saturated carbocycles. The Hall–Kier alpha value is -1.39. The number of hydrogen-bond acceptors (Lipinski definition) is 3. The highest BCUT2D eigenvalue weighted by Gasteiger charge is 2.30. The zero-order valence-electron chi connectivity index (χ0n) is 12.5. The maximum atomic E-state index is 12.9. The topological polar surface area (TPSA) is 52.6 Å². The second-order valence-electron chi connectivity index (χ2n) is 6.03. The number of fused-ring (bicyclic) bond motifs is 1. The van der Waals surface area contributed by atoms with Crippen LogP contribution in [-0.2, 0) is 13.0 Å². The van der Waals surface area contributed by atoms with E-state index in [1.807, 2.05) is 17.0 Å². The second-order valence-corrected chi connectivity index (χ2v) is 6.03. The van der Waals surface area contributed by atoms with Gasteiger partial charge in [0.05, 0.1) is 0 Å². The number of likely N-dealkylation sites (tertiary alicyclic amines) is 1. The van der Waals surface area contributed by atoms with Gasteiger partial charge in [0.15, 0.2) is 0 Å². The van der Waals surface area contributed by atoms with Crippen molar-refractivity contribution >= 4 is 5.91 Å². The van der Waals surface area contributed by atoms with E-state index in [9.17, 15) is 4.79 Å². The minimum Gasteiger partial charge on any atom is -0.396 e. The van der Waals surface area contributed by atoms with E-state index < -0.39 is 0 Å². The lowest BCUT2D eigenvalue weighted by molar-refractivity contribution is 0.0723. The molecule has 2 aliphatic rings. The quantitative estimate of drug-likeness (QED) is 0.887. The number of aliphatic hydroxyl groups excluding tert-OH is 1. The Labute approximate surface area is 126 Å². The van der Waals surface area contributed by atoms with Gasteiger partial charge in [-0.3, -0.25) is 4.79 Å². The van der Waals surface area contributed by atoms with E-state index in [4.69, 9.17) is 5.11 Å². The van der Waals surface area contributed by atoms with E-state index >= 15 is 0 Å². The third-order valence-electron chi connectivity index (χ3n) is 4.70. The molecule has 2 aliphatic heterocycles. The second kappa shape index (κ2) is 6.58. The highest BCUT2D eigenvalue weighted by molar-refractivity contribution is 5.96. The van der Waals surface area contributed by atoms with Crippen LogP contribution < -0.4 is 5.32 Å². The van der Waals surface area contributed by atoms with E-state index in [1.165, 1.54) is 11.1 Å². The van der Waals surface area contributed by atoms with Gasteiger partial charge in [0, 0.05) is 31.3 Å². The Morgan fingerprint density at radius 2 is 2.33 bits per heavy atom. The van der Waals surface area contributed by atoms with Crippen molar-refractivity contribution in [1.82, 2.24) is 10.2 Å². The van der Waals surface area contributed by atoms with Gasteiger partial charge in [-0.15, -0.1) is 0 Å². The predicted octanol–water partition coefficient (Wildman–Crippen LogP) is 1.71. The average molecular weight is 288 g/mol. The number of aliphatic hydroxyl groups is 1. The molecule has 1 aromatic rings. The third kappa shape index (κ3) is 2.97. The highest BCUT2D eigenvalue weighted by atomic mass is 16.3. The molecule has 0 spiro atoms. The molecule has 0 aromatic heterocycles. The fourth-order valence-electron chi connectivity index (χ4n) is 3.62. The number of carbonyl (C=O) groups excluding carboxylic acids is 1. The van der Waals surface area contributed by atoms with Crippen molar-refractivity contribution < 1.29 is 9.90 Å². The Balaban J connectivity index is 1.81. The first kappa shape index (κ1) is 14.5. The zero-order valence-corrected chi connectivity index (χ0v) is 12.5. The largest absolute Gasteiger partial charge is 0.396 e. The van der Waals surface area contributed by atoms with E-state index in [-0.39, 0.29) is 12.5 Å². The average Bonchev–Trinajstić information content (AvgIpc) is 3.00. The maximum Gasteiger partial charge on any atom is 0.254 e. The minimum atomic E-state index is 0.189. The summed E-state index contributed by atoms with van der Waals surface area (Å²) in [6, 6.07) is 6.40. The van der Waals surface area contributed by atoms with Crippen LogP contribution >= 0.6 is 0 Å². The molecule has 1 aromatic carbocycles. The maximum absolute atomic E-state index is 12.9. The van der Waals surface area contributed by atoms with Crippen LogP contribution in [0.5, 0.6) is 0 Å². The molecule has 0 bridgehead atoms. The van der Waals surface area contributed by atoms with Crippen LogP contribution in [0.2, 0.25) is 0 Å². The van der Waals surface area contributed by atoms with Crippen molar-refractivity contribution in [3.05, 3.63) is 34.9 Å². The minimum absolute atomic E-state index is 0.189. The molecule has 114 valence electrons. The SMILES string of the molecule is O=C(c1cccc2c1CCNC2)N1CCCC1CCCO. The van der Waals surface area contributed by atoms with Gasteiger partial charge in [-0.25, -0.2) is 0 Å². The van der Waals surface area contributed by atoms with Crippen molar-refractivity contribution in [2.45, 2.75) is 44.7 Å². The summed E-state index contributed by atoms with van der Waals surface area (Å²) in [7, 11) is 0. The molecule has 3 rings (SSSR count). The lowest BCUT2D eigenvalue weighted by atomic mass is 9.94. The number of nitrogens with one attached hydrogen (secondary N) is 1. The molecule has 1 fully saturated rings. The van der Waals surface area contributed by atoms with E-state index in [0.717, 1.165) is 57.3 Å². The van der Waals surface area contributed by atoms with Crippen molar-refractivity contribution in [2.75, 3.05) is 19.7 Å². The summed E-state index contributed by atoms with van der Waals surface area (Å²) in [6.45, 7) is 2.89. The molecular formula is C17H24N2O2. The van der Waals surface area contributed by atoms with Crippen LogP contribution in [0.3, 0.4) is 0 Å². The predicted molar refractivity (Wildman–Crippen MR) is 82.2 cm³/mol. The van der Waals surface area contributed by atoms with Gasteiger partial charge < -0.3 is 15.3 Å². The fourth-order valence-corrected chi connectivity index (χ4v) is 3.62. The normalized spacial score (nSPS) is 21.4. The fraction of sp³-hybridized carbons (Fsp3) is 0.588. The van der Waals surface area contributed by atoms with Gasteiger partial charge in [0.2, 0.25) is 0 Å². The molecule has 1 saturated heterocycles. The number of nitrogens with zero attached hydrogens (tertiary/aromatic N) is 1. The number of rotatable bonds is 4. The third-order valence-corrected chi connectivity index (χ3v) is 4.70. The molecule has 1 unspecified atom stereocenters. The summed E-state index contributed by atoms with van der Waals surface area (Å²) < 4.78 is 0.